The summed E-state index contributed by atoms with van der Waals surface area (Å²) in [5, 5.41) is 0. The number of allylic oxidation sites excluding steroid dienone is 10. The van der Waals surface area contributed by atoms with Gasteiger partial charge >= 0.3 is 17.9 Å². The molecule has 0 amide bonds. The first-order valence-corrected chi connectivity index (χ1v) is 26.3. The Morgan fingerprint density at radius 1 is 0.339 bits per heavy atom. The van der Waals surface area contributed by atoms with Gasteiger partial charge in [0.2, 0.25) is 0 Å². The van der Waals surface area contributed by atoms with Crippen molar-refractivity contribution in [2.24, 2.45) is 0 Å². The Kier molecular flexibility index (Phi) is 48.4. The number of unbranched alkanes of at least 4 members (excludes halogenated alkanes) is 26. The van der Waals surface area contributed by atoms with Crippen LogP contribution in [0.15, 0.2) is 60.8 Å². The summed E-state index contributed by atoms with van der Waals surface area (Å²) in [4.78, 5) is 37.8. The molecule has 0 aliphatic rings. The minimum atomic E-state index is -0.782. The largest absolute Gasteiger partial charge is 0.462 e. The number of ether oxygens (including phenoxy) is 3. The smallest absolute Gasteiger partial charge is 0.306 e. The van der Waals surface area contributed by atoms with E-state index in [0.29, 0.717) is 19.3 Å². The maximum Gasteiger partial charge on any atom is 0.306 e. The minimum Gasteiger partial charge on any atom is -0.462 e. The van der Waals surface area contributed by atoms with E-state index in [1.54, 1.807) is 0 Å². The molecule has 0 saturated heterocycles. The van der Waals surface area contributed by atoms with Gasteiger partial charge in [-0.15, -0.1) is 0 Å². The zero-order valence-corrected chi connectivity index (χ0v) is 40.9. The van der Waals surface area contributed by atoms with E-state index in [0.717, 1.165) is 96.3 Å². The average Bonchev–Trinajstić information content (AvgIpc) is 3.27. The SMILES string of the molecule is CC/C=C\C/C=C\C/C=C\C/C=C\C/C=C\CCCCCC(=O)OCC(COC(=O)CCCCCCCCC)OC(=O)CCCCCCCCCCCCCCCCCCCC. The van der Waals surface area contributed by atoms with E-state index < -0.39 is 6.10 Å². The number of esters is 3. The quantitative estimate of drug-likeness (QED) is 0.0262. The lowest BCUT2D eigenvalue weighted by Gasteiger charge is -2.18. The molecule has 0 saturated carbocycles. The molecule has 62 heavy (non-hydrogen) atoms. The van der Waals surface area contributed by atoms with E-state index in [-0.39, 0.29) is 31.1 Å². The van der Waals surface area contributed by atoms with Crippen LogP contribution in [0.4, 0.5) is 0 Å². The molecule has 0 rings (SSSR count). The predicted molar refractivity (Wildman–Crippen MR) is 265 cm³/mol. The van der Waals surface area contributed by atoms with Crippen molar-refractivity contribution in [2.45, 2.75) is 264 Å². The van der Waals surface area contributed by atoms with Gasteiger partial charge in [0.15, 0.2) is 6.10 Å². The fourth-order valence-corrected chi connectivity index (χ4v) is 7.35. The van der Waals surface area contributed by atoms with Crippen molar-refractivity contribution < 1.29 is 28.6 Å². The molecule has 1 atom stereocenters. The third-order valence-electron chi connectivity index (χ3n) is 11.3. The summed E-state index contributed by atoms with van der Waals surface area (Å²) in [6, 6.07) is 0. The van der Waals surface area contributed by atoms with Crippen molar-refractivity contribution in [3.63, 3.8) is 0 Å². The molecule has 0 radical (unpaired) electrons. The van der Waals surface area contributed by atoms with Gasteiger partial charge in [0.1, 0.15) is 13.2 Å². The molecule has 1 unspecified atom stereocenters. The Morgan fingerprint density at radius 3 is 0.984 bits per heavy atom. The highest BCUT2D eigenvalue weighted by Gasteiger charge is 2.19. The third kappa shape index (κ3) is 48.1. The van der Waals surface area contributed by atoms with Gasteiger partial charge in [-0.05, 0) is 64.2 Å². The first-order chi connectivity index (χ1) is 30.5. The maximum atomic E-state index is 12.8. The highest BCUT2D eigenvalue weighted by Crippen LogP contribution is 2.16. The van der Waals surface area contributed by atoms with E-state index in [4.69, 9.17) is 14.2 Å². The Bertz CT molecular complexity index is 1130. The first kappa shape index (κ1) is 59.1. The van der Waals surface area contributed by atoms with Crippen LogP contribution in [0.3, 0.4) is 0 Å². The Morgan fingerprint density at radius 2 is 0.629 bits per heavy atom. The molecule has 0 aromatic carbocycles. The molecule has 0 N–H and O–H groups in total. The number of hydrogen-bond acceptors (Lipinski definition) is 6. The number of hydrogen-bond donors (Lipinski definition) is 0. The lowest BCUT2D eigenvalue weighted by molar-refractivity contribution is -0.167. The standard InChI is InChI=1S/C56H98O6/c1-4-7-10-13-16-18-20-22-24-26-28-30-31-33-35-37-40-43-46-49-55(58)61-52-53(51-60-54(57)48-45-42-39-15-12-9-6-3)62-56(59)50-47-44-41-38-36-34-32-29-27-25-23-21-19-17-14-11-8-5-2/h7,10,16,18,22,24,28,30,33,35,53H,4-6,8-9,11-15,17,19-21,23,25-27,29,31-32,34,36-52H2,1-3H3/b10-7-,18-16-,24-22-,30-28-,35-33-. The van der Waals surface area contributed by atoms with Gasteiger partial charge in [-0.25, -0.2) is 0 Å². The van der Waals surface area contributed by atoms with Gasteiger partial charge in [-0.2, -0.15) is 0 Å². The zero-order chi connectivity index (χ0) is 45.1. The number of rotatable bonds is 47. The van der Waals surface area contributed by atoms with Crippen LogP contribution < -0.4 is 0 Å². The molecule has 0 aromatic heterocycles. The van der Waals surface area contributed by atoms with Gasteiger partial charge in [0.05, 0.1) is 0 Å². The van der Waals surface area contributed by atoms with E-state index in [1.807, 2.05) is 0 Å². The van der Waals surface area contributed by atoms with Crippen molar-refractivity contribution in [1.82, 2.24) is 0 Å². The van der Waals surface area contributed by atoms with Crippen molar-refractivity contribution in [2.75, 3.05) is 13.2 Å². The Balaban J connectivity index is 4.29. The molecule has 0 heterocycles. The van der Waals surface area contributed by atoms with E-state index in [1.165, 1.54) is 122 Å². The van der Waals surface area contributed by atoms with Crippen molar-refractivity contribution >= 4 is 17.9 Å². The lowest BCUT2D eigenvalue weighted by Crippen LogP contribution is -2.30. The van der Waals surface area contributed by atoms with Crippen LogP contribution in [-0.2, 0) is 28.6 Å². The molecule has 6 nitrogen and oxygen atoms in total. The van der Waals surface area contributed by atoms with Crippen LogP contribution in [0.5, 0.6) is 0 Å². The summed E-state index contributed by atoms with van der Waals surface area (Å²) in [5.74, 6) is -0.915. The summed E-state index contributed by atoms with van der Waals surface area (Å²) in [6.45, 7) is 6.47. The molecule has 358 valence electrons. The molecule has 0 aliphatic heterocycles. The van der Waals surface area contributed by atoms with E-state index in [9.17, 15) is 14.4 Å². The Hall–Kier alpha value is -2.89. The predicted octanol–water partition coefficient (Wildman–Crippen LogP) is 17.3. The highest BCUT2D eigenvalue weighted by atomic mass is 16.6. The second kappa shape index (κ2) is 50.8. The molecule has 6 heteroatoms. The summed E-state index contributed by atoms with van der Waals surface area (Å²) in [5.41, 5.74) is 0. The fraction of sp³-hybridized carbons (Fsp3) is 0.768. The third-order valence-corrected chi connectivity index (χ3v) is 11.3. The second-order valence-electron chi connectivity index (χ2n) is 17.4. The number of carbonyl (C=O) groups excluding carboxylic acids is 3. The minimum absolute atomic E-state index is 0.0826. The molecule has 0 spiro atoms. The monoisotopic (exact) mass is 867 g/mol. The molecule has 0 aromatic rings. The average molecular weight is 867 g/mol. The van der Waals surface area contributed by atoms with Crippen LogP contribution >= 0.6 is 0 Å². The molecular weight excluding hydrogens is 769 g/mol. The van der Waals surface area contributed by atoms with Crippen molar-refractivity contribution in [3.05, 3.63) is 60.8 Å². The number of carbonyl (C=O) groups is 3. The van der Waals surface area contributed by atoms with Crippen molar-refractivity contribution in [3.8, 4) is 0 Å². The fourth-order valence-electron chi connectivity index (χ4n) is 7.35. The van der Waals surface area contributed by atoms with Crippen LogP contribution in [-0.4, -0.2) is 37.2 Å². The topological polar surface area (TPSA) is 78.9 Å². The van der Waals surface area contributed by atoms with Crippen LogP contribution in [0.2, 0.25) is 0 Å². The normalized spacial score (nSPS) is 12.5. The lowest BCUT2D eigenvalue weighted by atomic mass is 10.0. The second-order valence-corrected chi connectivity index (χ2v) is 17.4. The maximum absolute atomic E-state index is 12.8. The first-order valence-electron chi connectivity index (χ1n) is 26.3. The summed E-state index contributed by atoms with van der Waals surface area (Å²) < 4.78 is 16.7. The highest BCUT2D eigenvalue weighted by molar-refractivity contribution is 5.71. The van der Waals surface area contributed by atoms with Gasteiger partial charge in [-0.1, -0.05) is 236 Å². The molecule has 0 bridgehead atoms. The van der Waals surface area contributed by atoms with Crippen LogP contribution in [0.1, 0.15) is 258 Å². The Labute approximate surface area is 383 Å². The van der Waals surface area contributed by atoms with Crippen LogP contribution in [0.25, 0.3) is 0 Å². The van der Waals surface area contributed by atoms with Gasteiger partial charge in [-0.3, -0.25) is 14.4 Å². The van der Waals surface area contributed by atoms with E-state index >= 15 is 0 Å². The van der Waals surface area contributed by atoms with Gasteiger partial charge in [0.25, 0.3) is 0 Å². The summed E-state index contributed by atoms with van der Waals surface area (Å²) in [7, 11) is 0. The van der Waals surface area contributed by atoms with Gasteiger partial charge < -0.3 is 14.2 Å². The van der Waals surface area contributed by atoms with Crippen molar-refractivity contribution in [1.29, 1.82) is 0 Å². The molecule has 0 fully saturated rings. The van der Waals surface area contributed by atoms with Gasteiger partial charge in [0, 0.05) is 19.3 Å². The summed E-state index contributed by atoms with van der Waals surface area (Å²) >= 11 is 0. The summed E-state index contributed by atoms with van der Waals surface area (Å²) in [6.07, 6.45) is 62.2. The van der Waals surface area contributed by atoms with E-state index in [2.05, 4.69) is 81.5 Å². The zero-order valence-electron chi connectivity index (χ0n) is 40.9. The molecule has 0 aliphatic carbocycles. The van der Waals surface area contributed by atoms with Crippen LogP contribution in [0, 0.1) is 0 Å². The molecular formula is C56H98O6.